The highest BCUT2D eigenvalue weighted by Gasteiger charge is 2.26. The molecule has 0 aliphatic carbocycles. The van der Waals surface area contributed by atoms with Gasteiger partial charge >= 0.3 is 22.8 Å². The average Bonchev–Trinajstić information content (AvgIpc) is 2.99. The van der Waals surface area contributed by atoms with E-state index in [-0.39, 0.29) is 11.6 Å². The Labute approximate surface area is 127 Å². The molecule has 2 aromatic heterocycles. The molecule has 2 heterocycles. The maximum absolute atomic E-state index is 11.8. The minimum atomic E-state index is -0.818. The highest BCUT2D eigenvalue weighted by Crippen LogP contribution is 2.18. The van der Waals surface area contributed by atoms with Gasteiger partial charge in [0, 0.05) is 14.1 Å². The van der Waals surface area contributed by atoms with Crippen LogP contribution < -0.4 is 16.7 Å². The van der Waals surface area contributed by atoms with Crippen molar-refractivity contribution in [1.29, 1.82) is 5.39 Å². The largest absolute Gasteiger partial charge is 0.491 e. The standard InChI is InChI=1S/C11H9N7O5/c1-16-9(8(14-12)10(19)17(2)11(16)20)15-13-5-6-3-4-7(23-6)18(21)22/h3-5H,1-2H3/p+1. The summed E-state index contributed by atoms with van der Waals surface area (Å²) in [5, 5.41) is 23.1. The van der Waals surface area contributed by atoms with Crippen molar-refractivity contribution in [2.45, 2.75) is 0 Å². The SMILES string of the molecule is Cn1c(NN=Cc2ccc([N+](=O)[O-])o2)c([N+]#N)c(=O)n(C)c1=O. The molecule has 0 aromatic carbocycles. The van der Waals surface area contributed by atoms with Crippen molar-refractivity contribution in [3.05, 3.63) is 53.8 Å². The Hall–Kier alpha value is -3.75. The van der Waals surface area contributed by atoms with E-state index in [0.29, 0.717) is 0 Å². The number of diazo groups is 1. The quantitative estimate of drug-likeness (QED) is 0.373. The van der Waals surface area contributed by atoms with Crippen molar-refractivity contribution < 1.29 is 9.34 Å². The van der Waals surface area contributed by atoms with Gasteiger partial charge in [0.2, 0.25) is 11.2 Å². The molecule has 0 saturated heterocycles. The predicted molar refractivity (Wildman–Crippen MR) is 78.2 cm³/mol. The van der Waals surface area contributed by atoms with Gasteiger partial charge in [0.25, 0.3) is 0 Å². The van der Waals surface area contributed by atoms with Crippen molar-refractivity contribution >= 4 is 23.6 Å². The zero-order chi connectivity index (χ0) is 17.1. The Kier molecular flexibility index (Phi) is 4.03. The van der Waals surface area contributed by atoms with Gasteiger partial charge in [-0.25, -0.2) is 4.79 Å². The molecule has 0 fully saturated rings. The number of hydrazone groups is 1. The van der Waals surface area contributed by atoms with Crippen LogP contribution in [0.5, 0.6) is 0 Å². The number of hydrogen-bond acceptors (Lipinski definition) is 8. The zero-order valence-electron chi connectivity index (χ0n) is 12.0. The zero-order valence-corrected chi connectivity index (χ0v) is 12.0. The molecule has 2 aromatic rings. The molecule has 0 unspecified atom stereocenters. The lowest BCUT2D eigenvalue weighted by molar-refractivity contribution is -0.402. The summed E-state index contributed by atoms with van der Waals surface area (Å²) in [5.74, 6) is -0.545. The predicted octanol–water partition coefficient (Wildman–Crippen LogP) is 0.516. The Morgan fingerprint density at radius 3 is 2.65 bits per heavy atom. The summed E-state index contributed by atoms with van der Waals surface area (Å²) in [6.45, 7) is 0. The van der Waals surface area contributed by atoms with Gasteiger partial charge in [-0.1, -0.05) is 0 Å². The summed E-state index contributed by atoms with van der Waals surface area (Å²) in [5.41, 5.74) is 0.468. The van der Waals surface area contributed by atoms with Crippen molar-refractivity contribution in [3.63, 3.8) is 0 Å². The summed E-state index contributed by atoms with van der Waals surface area (Å²) < 4.78 is 6.62. The molecular formula is C11H10N7O5+. The molecule has 12 heteroatoms. The molecule has 0 spiro atoms. The Morgan fingerprint density at radius 1 is 1.39 bits per heavy atom. The van der Waals surface area contributed by atoms with Gasteiger partial charge in [-0.15, -0.1) is 0 Å². The second-order valence-corrected chi connectivity index (χ2v) is 4.31. The van der Waals surface area contributed by atoms with E-state index >= 15 is 0 Å². The first kappa shape index (κ1) is 15.6. The number of nitrogens with zero attached hydrogens (tertiary/aromatic N) is 6. The van der Waals surface area contributed by atoms with Crippen LogP contribution in [0.15, 0.2) is 31.2 Å². The molecule has 23 heavy (non-hydrogen) atoms. The third-order valence-electron chi connectivity index (χ3n) is 2.90. The Balaban J connectivity index is 2.35. The third-order valence-corrected chi connectivity index (χ3v) is 2.90. The van der Waals surface area contributed by atoms with Gasteiger partial charge in [-0.2, -0.15) is 5.10 Å². The number of anilines is 1. The average molecular weight is 320 g/mol. The van der Waals surface area contributed by atoms with Crippen molar-refractivity contribution in [1.82, 2.24) is 9.13 Å². The summed E-state index contributed by atoms with van der Waals surface area (Å²) in [6.07, 6.45) is 1.09. The highest BCUT2D eigenvalue weighted by molar-refractivity contribution is 5.77. The van der Waals surface area contributed by atoms with Crippen LogP contribution in [-0.2, 0) is 14.1 Å². The summed E-state index contributed by atoms with van der Waals surface area (Å²) in [6, 6.07) is 2.45. The van der Waals surface area contributed by atoms with E-state index < -0.39 is 27.7 Å². The Bertz CT molecular complexity index is 959. The molecule has 0 saturated carbocycles. The molecule has 0 bridgehead atoms. The lowest BCUT2D eigenvalue weighted by atomic mass is 10.4. The van der Waals surface area contributed by atoms with E-state index in [2.05, 4.69) is 15.5 Å². The van der Waals surface area contributed by atoms with E-state index in [4.69, 9.17) is 9.81 Å². The van der Waals surface area contributed by atoms with Crippen LogP contribution in [0.4, 0.5) is 17.4 Å². The van der Waals surface area contributed by atoms with Crippen LogP contribution in [-0.4, -0.2) is 20.3 Å². The number of aromatic nitrogens is 2. The molecule has 2 rings (SSSR count). The van der Waals surface area contributed by atoms with Gasteiger partial charge < -0.3 is 4.42 Å². The molecule has 118 valence electrons. The summed E-state index contributed by atoms with van der Waals surface area (Å²) in [4.78, 5) is 36.2. The second-order valence-electron chi connectivity index (χ2n) is 4.31. The minimum Gasteiger partial charge on any atom is -0.400 e. The van der Waals surface area contributed by atoms with Crippen molar-refractivity contribution in [2.24, 2.45) is 19.2 Å². The lowest BCUT2D eigenvalue weighted by Crippen LogP contribution is -2.37. The van der Waals surface area contributed by atoms with Crippen LogP contribution in [0, 0.1) is 15.5 Å². The maximum atomic E-state index is 11.8. The van der Waals surface area contributed by atoms with E-state index in [1.807, 2.05) is 0 Å². The third kappa shape index (κ3) is 2.83. The number of nitro groups is 1. The molecule has 0 aliphatic rings. The van der Waals surface area contributed by atoms with Gasteiger partial charge in [0.1, 0.15) is 4.92 Å². The van der Waals surface area contributed by atoms with Gasteiger partial charge in [-0.3, -0.25) is 29.5 Å². The van der Waals surface area contributed by atoms with Crippen LogP contribution in [0.1, 0.15) is 5.76 Å². The Morgan fingerprint density at radius 2 is 2.09 bits per heavy atom. The topological polar surface area (TPSA) is 153 Å². The van der Waals surface area contributed by atoms with Gasteiger partial charge in [0.15, 0.2) is 10.7 Å². The number of furan rings is 1. The van der Waals surface area contributed by atoms with E-state index in [0.717, 1.165) is 21.4 Å². The van der Waals surface area contributed by atoms with Crippen LogP contribution >= 0.6 is 0 Å². The van der Waals surface area contributed by atoms with Crippen LogP contribution in [0.25, 0.3) is 4.98 Å². The van der Waals surface area contributed by atoms with E-state index in [1.165, 1.54) is 20.2 Å². The molecule has 1 N–H and O–H groups in total. The fourth-order valence-corrected chi connectivity index (χ4v) is 1.71. The second kappa shape index (κ2) is 5.93. The number of nitrogens with one attached hydrogen (secondary N) is 1. The van der Waals surface area contributed by atoms with Gasteiger partial charge in [-0.05, 0) is 6.07 Å². The van der Waals surface area contributed by atoms with Gasteiger partial charge in [0.05, 0.1) is 12.3 Å². The van der Waals surface area contributed by atoms with E-state index in [1.54, 1.807) is 0 Å². The molecule has 0 atom stereocenters. The highest BCUT2D eigenvalue weighted by atomic mass is 16.6. The molecule has 0 radical (unpaired) electrons. The first-order valence-corrected chi connectivity index (χ1v) is 6.05. The minimum absolute atomic E-state index is 0.0699. The first-order valence-electron chi connectivity index (χ1n) is 6.05. The molecule has 0 aliphatic heterocycles. The number of hydrogen-bond donors (Lipinski definition) is 1. The van der Waals surface area contributed by atoms with Crippen LogP contribution in [0.2, 0.25) is 0 Å². The summed E-state index contributed by atoms with van der Waals surface area (Å²) in [7, 11) is 2.57. The molecule has 0 amide bonds. The summed E-state index contributed by atoms with van der Waals surface area (Å²) >= 11 is 0. The normalized spacial score (nSPS) is 10.7. The number of rotatable bonds is 4. The smallest absolute Gasteiger partial charge is 0.400 e. The van der Waals surface area contributed by atoms with Crippen molar-refractivity contribution in [2.75, 3.05) is 5.43 Å². The first-order chi connectivity index (χ1) is 10.9. The maximum Gasteiger partial charge on any atom is 0.491 e. The fraction of sp³-hybridized carbons (Fsp3) is 0.182. The monoisotopic (exact) mass is 320 g/mol. The fourth-order valence-electron chi connectivity index (χ4n) is 1.71. The lowest BCUT2D eigenvalue weighted by Gasteiger charge is -2.05. The molecule has 12 nitrogen and oxygen atoms in total. The van der Waals surface area contributed by atoms with Crippen LogP contribution in [0.3, 0.4) is 0 Å². The van der Waals surface area contributed by atoms with E-state index in [9.17, 15) is 19.7 Å². The van der Waals surface area contributed by atoms with Crippen molar-refractivity contribution in [3.8, 4) is 0 Å². The molecular weight excluding hydrogens is 310 g/mol.